The highest BCUT2D eigenvalue weighted by Crippen LogP contribution is 2.34. The molecular formula is C17H13ClF3N5. The number of rotatable bonds is 5. The molecule has 9 heteroatoms. The van der Waals surface area contributed by atoms with E-state index in [0.29, 0.717) is 18.2 Å². The van der Waals surface area contributed by atoms with Crippen LogP contribution in [0.5, 0.6) is 0 Å². The number of pyridine rings is 1. The Hall–Kier alpha value is -2.87. The van der Waals surface area contributed by atoms with Gasteiger partial charge in [-0.2, -0.15) is 13.2 Å². The summed E-state index contributed by atoms with van der Waals surface area (Å²) >= 11 is 5.98. The first-order valence-electron chi connectivity index (χ1n) is 7.50. The number of alkyl halides is 3. The van der Waals surface area contributed by atoms with Gasteiger partial charge in [0.25, 0.3) is 0 Å². The van der Waals surface area contributed by atoms with Gasteiger partial charge >= 0.3 is 6.18 Å². The Morgan fingerprint density at radius 1 is 0.962 bits per heavy atom. The fraction of sp³-hybridized carbons (Fsp3) is 0.118. The van der Waals surface area contributed by atoms with Crippen LogP contribution in [0.25, 0.3) is 0 Å². The molecule has 26 heavy (non-hydrogen) atoms. The molecule has 0 spiro atoms. The maximum absolute atomic E-state index is 12.9. The summed E-state index contributed by atoms with van der Waals surface area (Å²) < 4.78 is 38.6. The Morgan fingerprint density at radius 2 is 1.69 bits per heavy atom. The second kappa shape index (κ2) is 7.57. The van der Waals surface area contributed by atoms with Crippen LogP contribution in [0.2, 0.25) is 5.02 Å². The average molecular weight is 380 g/mol. The predicted octanol–water partition coefficient (Wildman–Crippen LogP) is 4.90. The van der Waals surface area contributed by atoms with E-state index in [1.54, 1.807) is 18.5 Å². The number of nitrogens with zero attached hydrogens (tertiary/aromatic N) is 3. The minimum atomic E-state index is -4.45. The molecule has 0 aliphatic heterocycles. The van der Waals surface area contributed by atoms with Gasteiger partial charge in [-0.25, -0.2) is 9.97 Å². The normalized spacial score (nSPS) is 11.2. The maximum atomic E-state index is 12.9. The van der Waals surface area contributed by atoms with E-state index in [4.69, 9.17) is 11.6 Å². The molecule has 2 N–H and O–H groups in total. The summed E-state index contributed by atoms with van der Waals surface area (Å²) in [5.74, 6) is 0.834. The van der Waals surface area contributed by atoms with Crippen LogP contribution >= 0.6 is 11.6 Å². The lowest BCUT2D eigenvalue weighted by Crippen LogP contribution is -2.06. The van der Waals surface area contributed by atoms with Crippen molar-refractivity contribution in [1.82, 2.24) is 15.0 Å². The molecule has 0 fully saturated rings. The Kier molecular flexibility index (Phi) is 5.22. The summed E-state index contributed by atoms with van der Waals surface area (Å²) in [5, 5.41) is 6.05. The largest absolute Gasteiger partial charge is 0.416 e. The van der Waals surface area contributed by atoms with Crippen molar-refractivity contribution < 1.29 is 13.2 Å². The van der Waals surface area contributed by atoms with Gasteiger partial charge < -0.3 is 10.6 Å². The summed E-state index contributed by atoms with van der Waals surface area (Å²) in [5.41, 5.74) is 0.323. The van der Waals surface area contributed by atoms with Gasteiger partial charge in [0, 0.05) is 25.0 Å². The molecule has 2 aromatic heterocycles. The zero-order valence-corrected chi connectivity index (χ0v) is 14.0. The van der Waals surface area contributed by atoms with E-state index in [9.17, 15) is 13.2 Å². The summed E-state index contributed by atoms with van der Waals surface area (Å²) in [4.78, 5) is 12.0. The minimum absolute atomic E-state index is 0.111. The number of benzene rings is 1. The number of nitrogens with one attached hydrogen (secondary N) is 2. The van der Waals surface area contributed by atoms with Gasteiger partial charge in [-0.3, -0.25) is 4.98 Å². The molecule has 5 nitrogen and oxygen atoms in total. The second-order valence-corrected chi connectivity index (χ2v) is 5.72. The van der Waals surface area contributed by atoms with Crippen molar-refractivity contribution in [3.63, 3.8) is 0 Å². The topological polar surface area (TPSA) is 62.7 Å². The molecule has 0 amide bonds. The van der Waals surface area contributed by atoms with Crippen molar-refractivity contribution in [1.29, 1.82) is 0 Å². The molecule has 3 aromatic rings. The molecule has 0 aliphatic carbocycles. The van der Waals surface area contributed by atoms with E-state index < -0.39 is 11.7 Å². The summed E-state index contributed by atoms with van der Waals surface area (Å²) in [6, 6.07) is 8.35. The van der Waals surface area contributed by atoms with Crippen LogP contribution in [-0.4, -0.2) is 15.0 Å². The molecule has 1 aromatic carbocycles. The summed E-state index contributed by atoms with van der Waals surface area (Å²) in [6.07, 6.45) is 0.210. The highest BCUT2D eigenvalue weighted by molar-refractivity contribution is 6.33. The summed E-state index contributed by atoms with van der Waals surface area (Å²) in [7, 11) is 0. The van der Waals surface area contributed by atoms with Crippen LogP contribution in [0.4, 0.5) is 30.5 Å². The molecule has 3 rings (SSSR count). The van der Waals surface area contributed by atoms with Crippen molar-refractivity contribution in [2.75, 3.05) is 10.6 Å². The van der Waals surface area contributed by atoms with Crippen molar-refractivity contribution >= 4 is 28.9 Å². The van der Waals surface area contributed by atoms with Gasteiger partial charge in [-0.15, -0.1) is 0 Å². The molecule has 134 valence electrons. The van der Waals surface area contributed by atoms with Crippen molar-refractivity contribution in [3.05, 3.63) is 71.3 Å². The lowest BCUT2D eigenvalue weighted by atomic mass is 10.2. The average Bonchev–Trinajstić information content (AvgIpc) is 2.62. The Labute approximate surface area is 152 Å². The zero-order chi connectivity index (χ0) is 18.6. The third-order valence-electron chi connectivity index (χ3n) is 3.45. The lowest BCUT2D eigenvalue weighted by molar-refractivity contribution is -0.137. The highest BCUT2D eigenvalue weighted by Gasteiger charge is 2.31. The number of hydrogen-bond donors (Lipinski definition) is 2. The van der Waals surface area contributed by atoms with Crippen LogP contribution in [0.15, 0.2) is 55.1 Å². The highest BCUT2D eigenvalue weighted by atomic mass is 35.5. The van der Waals surface area contributed by atoms with E-state index in [-0.39, 0.29) is 10.7 Å². The van der Waals surface area contributed by atoms with Crippen LogP contribution in [0, 0.1) is 0 Å². The first-order chi connectivity index (χ1) is 12.4. The zero-order valence-electron chi connectivity index (χ0n) is 13.3. The SMILES string of the molecule is FC(F)(F)c1ccc(Cl)c(Nc2cc(NCc3ccncc3)ncn2)c1. The number of halogens is 4. The molecule has 0 radical (unpaired) electrons. The summed E-state index contributed by atoms with van der Waals surface area (Å²) in [6.45, 7) is 0.517. The number of aromatic nitrogens is 3. The quantitative estimate of drug-likeness (QED) is 0.660. The van der Waals surface area contributed by atoms with Crippen LogP contribution in [-0.2, 0) is 12.7 Å². The van der Waals surface area contributed by atoms with Crippen LogP contribution in [0.1, 0.15) is 11.1 Å². The molecule has 0 aliphatic rings. The minimum Gasteiger partial charge on any atom is -0.366 e. The lowest BCUT2D eigenvalue weighted by Gasteiger charge is -2.12. The monoisotopic (exact) mass is 379 g/mol. The molecule has 0 unspecified atom stereocenters. The first-order valence-corrected chi connectivity index (χ1v) is 7.88. The van der Waals surface area contributed by atoms with Crippen molar-refractivity contribution in [2.24, 2.45) is 0 Å². The predicted molar refractivity (Wildman–Crippen MR) is 93.3 cm³/mol. The molecule has 0 atom stereocenters. The van der Waals surface area contributed by atoms with Crippen molar-refractivity contribution in [2.45, 2.75) is 12.7 Å². The smallest absolute Gasteiger partial charge is 0.366 e. The molecule has 0 saturated carbocycles. The van der Waals surface area contributed by atoms with Gasteiger partial charge in [0.15, 0.2) is 0 Å². The van der Waals surface area contributed by atoms with Crippen LogP contribution in [0.3, 0.4) is 0 Å². The van der Waals surface area contributed by atoms with E-state index in [0.717, 1.165) is 17.7 Å². The van der Waals surface area contributed by atoms with Gasteiger partial charge in [0.1, 0.15) is 18.0 Å². The first kappa shape index (κ1) is 17.9. The van der Waals surface area contributed by atoms with E-state index >= 15 is 0 Å². The number of anilines is 3. The van der Waals surface area contributed by atoms with Gasteiger partial charge in [-0.1, -0.05) is 11.6 Å². The van der Waals surface area contributed by atoms with E-state index in [2.05, 4.69) is 25.6 Å². The third-order valence-corrected chi connectivity index (χ3v) is 3.78. The fourth-order valence-electron chi connectivity index (χ4n) is 2.15. The van der Waals surface area contributed by atoms with E-state index in [1.165, 1.54) is 12.4 Å². The standard InChI is InChI=1S/C17H13ClF3N5/c18-13-2-1-12(17(19,20)21)7-14(13)26-16-8-15(24-10-25-16)23-9-11-3-5-22-6-4-11/h1-8,10H,9H2,(H2,23,24,25,26). The second-order valence-electron chi connectivity index (χ2n) is 5.31. The molecule has 2 heterocycles. The van der Waals surface area contributed by atoms with Gasteiger partial charge in [-0.05, 0) is 35.9 Å². The van der Waals surface area contributed by atoms with Crippen molar-refractivity contribution in [3.8, 4) is 0 Å². The molecular weight excluding hydrogens is 367 g/mol. The molecule has 0 bridgehead atoms. The van der Waals surface area contributed by atoms with Gasteiger partial charge in [0.2, 0.25) is 0 Å². The Morgan fingerprint density at radius 3 is 2.42 bits per heavy atom. The Balaban J connectivity index is 1.75. The maximum Gasteiger partial charge on any atom is 0.416 e. The fourth-order valence-corrected chi connectivity index (χ4v) is 2.32. The third kappa shape index (κ3) is 4.60. The van der Waals surface area contributed by atoms with E-state index in [1.807, 2.05) is 12.1 Å². The van der Waals surface area contributed by atoms with Gasteiger partial charge in [0.05, 0.1) is 16.3 Å². The number of hydrogen-bond acceptors (Lipinski definition) is 5. The Bertz CT molecular complexity index is 887. The molecule has 0 saturated heterocycles. The van der Waals surface area contributed by atoms with Crippen LogP contribution < -0.4 is 10.6 Å².